The Balaban J connectivity index is 2.45. The van der Waals surface area contributed by atoms with E-state index in [1.807, 2.05) is 18.5 Å². The van der Waals surface area contributed by atoms with Gasteiger partial charge < -0.3 is 10.5 Å². The van der Waals surface area contributed by atoms with Gasteiger partial charge in [-0.25, -0.2) is 0 Å². The first-order valence-corrected chi connectivity index (χ1v) is 6.06. The van der Waals surface area contributed by atoms with Crippen LogP contribution in [0.25, 0.3) is 0 Å². The number of aromatic nitrogens is 4. The van der Waals surface area contributed by atoms with E-state index in [9.17, 15) is 0 Å². The monoisotopic (exact) mass is 253 g/mol. The predicted molar refractivity (Wildman–Crippen MR) is 65.1 cm³/mol. The van der Waals surface area contributed by atoms with E-state index in [-0.39, 0.29) is 12.1 Å². The number of rotatable bonds is 4. The molecule has 92 valence electrons. The average molecular weight is 253 g/mol. The molecule has 0 amide bonds. The highest BCUT2D eigenvalue weighted by Crippen LogP contribution is 2.30. The lowest BCUT2D eigenvalue weighted by Crippen LogP contribution is -2.18. The van der Waals surface area contributed by atoms with Crippen molar-refractivity contribution in [1.82, 2.24) is 19.4 Å². The van der Waals surface area contributed by atoms with Crippen molar-refractivity contribution >= 4 is 11.5 Å². The van der Waals surface area contributed by atoms with Crippen LogP contribution in [0.3, 0.4) is 0 Å². The summed E-state index contributed by atoms with van der Waals surface area (Å²) in [6, 6.07) is -0.0873. The summed E-state index contributed by atoms with van der Waals surface area (Å²) in [5.41, 5.74) is 7.06. The molecule has 0 aliphatic heterocycles. The number of nitrogens with zero attached hydrogens (tertiary/aromatic N) is 4. The minimum Gasteiger partial charge on any atom is -0.493 e. The SMILES string of the molecule is COc1cnn(C(C)C)c1C(N)c1cnns1. The van der Waals surface area contributed by atoms with Gasteiger partial charge >= 0.3 is 0 Å². The molecule has 6 nitrogen and oxygen atoms in total. The van der Waals surface area contributed by atoms with Gasteiger partial charge in [0.05, 0.1) is 30.4 Å². The molecular weight excluding hydrogens is 238 g/mol. The molecule has 7 heteroatoms. The molecule has 2 aromatic heterocycles. The second-order valence-electron chi connectivity index (χ2n) is 3.93. The summed E-state index contributed by atoms with van der Waals surface area (Å²) in [6.07, 6.45) is 3.36. The van der Waals surface area contributed by atoms with E-state index < -0.39 is 0 Å². The highest BCUT2D eigenvalue weighted by Gasteiger charge is 2.23. The summed E-state index contributed by atoms with van der Waals surface area (Å²) in [7, 11) is 1.61. The highest BCUT2D eigenvalue weighted by molar-refractivity contribution is 7.05. The van der Waals surface area contributed by atoms with Crippen molar-refractivity contribution in [2.24, 2.45) is 5.73 Å². The maximum absolute atomic E-state index is 6.21. The van der Waals surface area contributed by atoms with Crippen molar-refractivity contribution in [2.45, 2.75) is 25.9 Å². The molecule has 0 radical (unpaired) electrons. The zero-order valence-corrected chi connectivity index (χ0v) is 10.8. The van der Waals surface area contributed by atoms with Crippen LogP contribution in [0.15, 0.2) is 12.4 Å². The molecule has 0 aliphatic carbocycles. The molecule has 0 saturated carbocycles. The van der Waals surface area contributed by atoms with E-state index in [0.717, 1.165) is 10.6 Å². The standard InChI is InChI=1S/C10H15N5OS/c1-6(2)15-10(7(16-3)4-13-15)9(11)8-5-12-14-17-8/h4-6,9H,11H2,1-3H3. The first-order valence-electron chi connectivity index (χ1n) is 5.29. The van der Waals surface area contributed by atoms with Crippen LogP contribution < -0.4 is 10.5 Å². The van der Waals surface area contributed by atoms with Crippen LogP contribution in [0.2, 0.25) is 0 Å². The van der Waals surface area contributed by atoms with Gasteiger partial charge in [-0.1, -0.05) is 4.49 Å². The third kappa shape index (κ3) is 2.16. The lowest BCUT2D eigenvalue weighted by atomic mass is 10.1. The van der Waals surface area contributed by atoms with E-state index in [0.29, 0.717) is 5.75 Å². The van der Waals surface area contributed by atoms with Gasteiger partial charge in [-0.05, 0) is 25.4 Å². The summed E-state index contributed by atoms with van der Waals surface area (Å²) in [4.78, 5) is 0.894. The van der Waals surface area contributed by atoms with Gasteiger partial charge in [0.1, 0.15) is 5.69 Å². The molecule has 0 aliphatic rings. The Morgan fingerprint density at radius 1 is 1.41 bits per heavy atom. The van der Waals surface area contributed by atoms with Crippen molar-refractivity contribution in [1.29, 1.82) is 0 Å². The molecule has 1 atom stereocenters. The van der Waals surface area contributed by atoms with Crippen LogP contribution in [0.4, 0.5) is 0 Å². The van der Waals surface area contributed by atoms with Crippen molar-refractivity contribution in [3.05, 3.63) is 23.0 Å². The summed E-state index contributed by atoms with van der Waals surface area (Å²) in [5.74, 6) is 0.694. The lowest BCUT2D eigenvalue weighted by Gasteiger charge is -2.16. The predicted octanol–water partition coefficient (Wildman–Crippen LogP) is 1.37. The molecule has 0 bridgehead atoms. The second kappa shape index (κ2) is 4.80. The number of methoxy groups -OCH3 is 1. The van der Waals surface area contributed by atoms with Gasteiger partial charge in [-0.2, -0.15) is 5.10 Å². The Bertz CT molecular complexity index is 479. The van der Waals surface area contributed by atoms with E-state index in [2.05, 4.69) is 14.7 Å². The molecule has 2 rings (SSSR count). The van der Waals surface area contributed by atoms with E-state index in [1.165, 1.54) is 11.5 Å². The maximum atomic E-state index is 6.21. The highest BCUT2D eigenvalue weighted by atomic mass is 32.1. The minimum absolute atomic E-state index is 0.223. The van der Waals surface area contributed by atoms with Crippen molar-refractivity contribution in [3.63, 3.8) is 0 Å². The fraction of sp³-hybridized carbons (Fsp3) is 0.500. The van der Waals surface area contributed by atoms with Gasteiger partial charge in [0.15, 0.2) is 5.75 Å². The largest absolute Gasteiger partial charge is 0.493 e. The van der Waals surface area contributed by atoms with Crippen LogP contribution in [-0.4, -0.2) is 26.5 Å². The normalized spacial score (nSPS) is 13.0. The summed E-state index contributed by atoms with van der Waals surface area (Å²) < 4.78 is 11.0. The Morgan fingerprint density at radius 2 is 2.18 bits per heavy atom. The molecular formula is C10H15N5OS. The van der Waals surface area contributed by atoms with Gasteiger partial charge in [-0.3, -0.25) is 4.68 Å². The van der Waals surface area contributed by atoms with Crippen LogP contribution >= 0.6 is 11.5 Å². The summed E-state index contributed by atoms with van der Waals surface area (Å²) in [5, 5.41) is 8.09. The summed E-state index contributed by atoms with van der Waals surface area (Å²) >= 11 is 1.29. The Morgan fingerprint density at radius 3 is 2.71 bits per heavy atom. The zero-order valence-electron chi connectivity index (χ0n) is 9.99. The summed E-state index contributed by atoms with van der Waals surface area (Å²) in [6.45, 7) is 4.10. The lowest BCUT2D eigenvalue weighted by molar-refractivity contribution is 0.401. The van der Waals surface area contributed by atoms with Crippen molar-refractivity contribution in [3.8, 4) is 5.75 Å². The average Bonchev–Trinajstić information content (AvgIpc) is 2.96. The topological polar surface area (TPSA) is 78.9 Å². The van der Waals surface area contributed by atoms with Gasteiger partial charge in [-0.15, -0.1) is 5.10 Å². The minimum atomic E-state index is -0.310. The van der Waals surface area contributed by atoms with E-state index >= 15 is 0 Å². The third-order valence-electron chi connectivity index (χ3n) is 2.49. The molecule has 0 spiro atoms. The van der Waals surface area contributed by atoms with Gasteiger partial charge in [0.2, 0.25) is 0 Å². The van der Waals surface area contributed by atoms with E-state index in [1.54, 1.807) is 19.5 Å². The first-order chi connectivity index (χ1) is 8.15. The number of ether oxygens (including phenoxy) is 1. The molecule has 17 heavy (non-hydrogen) atoms. The second-order valence-corrected chi connectivity index (χ2v) is 4.75. The molecule has 2 heterocycles. The quantitative estimate of drug-likeness (QED) is 0.890. The molecule has 2 N–H and O–H groups in total. The van der Waals surface area contributed by atoms with Crippen molar-refractivity contribution in [2.75, 3.05) is 7.11 Å². The Labute approximate surface area is 104 Å². The van der Waals surface area contributed by atoms with Crippen LogP contribution in [0, 0.1) is 0 Å². The number of nitrogens with two attached hydrogens (primary N) is 1. The van der Waals surface area contributed by atoms with Crippen molar-refractivity contribution < 1.29 is 4.74 Å². The van der Waals surface area contributed by atoms with E-state index in [4.69, 9.17) is 10.5 Å². The fourth-order valence-electron chi connectivity index (χ4n) is 1.67. The van der Waals surface area contributed by atoms with Crippen LogP contribution in [0.1, 0.15) is 36.5 Å². The first kappa shape index (κ1) is 12.0. The van der Waals surface area contributed by atoms with Crippen LogP contribution in [-0.2, 0) is 0 Å². The van der Waals surface area contributed by atoms with Gasteiger partial charge in [0, 0.05) is 6.04 Å². The third-order valence-corrected chi connectivity index (χ3v) is 3.23. The Kier molecular flexibility index (Phi) is 3.39. The van der Waals surface area contributed by atoms with Crippen LogP contribution in [0.5, 0.6) is 5.75 Å². The molecule has 2 aromatic rings. The zero-order chi connectivity index (χ0) is 12.4. The number of hydrogen-bond donors (Lipinski definition) is 1. The Hall–Kier alpha value is -1.47. The molecule has 0 saturated heterocycles. The molecule has 0 fully saturated rings. The molecule has 1 unspecified atom stereocenters. The molecule has 0 aromatic carbocycles. The maximum Gasteiger partial charge on any atom is 0.161 e. The number of hydrogen-bond acceptors (Lipinski definition) is 6. The van der Waals surface area contributed by atoms with Gasteiger partial charge in [0.25, 0.3) is 0 Å². The smallest absolute Gasteiger partial charge is 0.161 e. The fourth-order valence-corrected chi connectivity index (χ4v) is 2.18.